The Kier molecular flexibility index (Phi) is 5.43. The number of sulfone groups is 1. The van der Waals surface area contributed by atoms with Gasteiger partial charge in [-0.2, -0.15) is 32.2 Å². The number of nitrogens with one attached hydrogen (secondary N) is 1. The average molecular weight is 348 g/mol. The van der Waals surface area contributed by atoms with E-state index in [-0.39, 0.29) is 0 Å². The second-order valence-electron chi connectivity index (χ2n) is 3.60. The van der Waals surface area contributed by atoms with Crippen molar-refractivity contribution >= 4 is 26.2 Å². The highest BCUT2D eigenvalue weighted by molar-refractivity contribution is 7.92. The minimum absolute atomic E-state index is 0.647. The minimum atomic E-state index is -4.76. The van der Waals surface area contributed by atoms with Crippen LogP contribution in [0.1, 0.15) is 6.92 Å². The van der Waals surface area contributed by atoms with E-state index in [0.717, 1.165) is 6.92 Å². The first-order valence-corrected chi connectivity index (χ1v) is 8.25. The second-order valence-corrected chi connectivity index (χ2v) is 7.13. The van der Waals surface area contributed by atoms with E-state index in [2.05, 4.69) is 24.5 Å². The highest BCUT2D eigenvalue weighted by Crippen LogP contribution is 2.07. The minimum Gasteiger partial charge on any atom is -0.338 e. The van der Waals surface area contributed by atoms with E-state index >= 15 is 0 Å². The Morgan fingerprint density at radius 3 is 2.19 bits per heavy atom. The van der Waals surface area contributed by atoms with E-state index in [1.807, 2.05) is 0 Å². The zero-order chi connectivity index (χ0) is 16.3. The summed E-state index contributed by atoms with van der Waals surface area (Å²) in [4.78, 5) is 8.69. The van der Waals surface area contributed by atoms with Crippen molar-refractivity contribution in [3.63, 3.8) is 0 Å². The Balaban J connectivity index is 2.70. The Labute approximate surface area is 118 Å². The van der Waals surface area contributed by atoms with Crippen LogP contribution in [0.3, 0.4) is 0 Å². The third-order valence-corrected chi connectivity index (χ3v) is 4.45. The molecular formula is C7H10F2N4O6S2. The number of aromatic nitrogens is 3. The Morgan fingerprint density at radius 2 is 1.71 bits per heavy atom. The number of anilines is 1. The van der Waals surface area contributed by atoms with Crippen LogP contribution in [0.15, 0.2) is 0 Å². The Bertz CT molecular complexity index is 690. The third kappa shape index (κ3) is 6.19. The fraction of sp³-hybridized carbons (Fsp3) is 0.571. The van der Waals surface area contributed by atoms with Crippen molar-refractivity contribution in [2.75, 3.05) is 17.7 Å². The van der Waals surface area contributed by atoms with Crippen LogP contribution in [0, 0.1) is 12.2 Å². The molecule has 1 unspecified atom stereocenters. The molecule has 0 spiro atoms. The molecule has 1 rings (SSSR count). The molecule has 0 saturated carbocycles. The molecule has 1 atom stereocenters. The lowest BCUT2D eigenvalue weighted by Gasteiger charge is -2.14. The van der Waals surface area contributed by atoms with E-state index in [1.54, 1.807) is 0 Å². The van der Waals surface area contributed by atoms with Crippen LogP contribution in [0.5, 0.6) is 0 Å². The summed E-state index contributed by atoms with van der Waals surface area (Å²) in [6.45, 7) is 0.287. The molecule has 0 fully saturated rings. The molecule has 21 heavy (non-hydrogen) atoms. The smallest absolute Gasteiger partial charge is 0.338 e. The maximum absolute atomic E-state index is 12.7. The van der Waals surface area contributed by atoms with Crippen LogP contribution in [0.25, 0.3) is 0 Å². The van der Waals surface area contributed by atoms with Crippen molar-refractivity contribution in [1.29, 1.82) is 0 Å². The van der Waals surface area contributed by atoms with Gasteiger partial charge in [0.1, 0.15) is 5.37 Å². The molecule has 0 aliphatic carbocycles. The molecule has 1 heterocycles. The molecule has 0 amide bonds. The first-order chi connectivity index (χ1) is 9.49. The fourth-order valence-electron chi connectivity index (χ4n) is 1.09. The summed E-state index contributed by atoms with van der Waals surface area (Å²) in [5, 5.41) is 0.714. The van der Waals surface area contributed by atoms with Gasteiger partial charge in [-0.05, 0) is 6.92 Å². The maximum Gasteiger partial charge on any atom is 0.397 e. The molecule has 1 aromatic heterocycles. The summed E-state index contributed by atoms with van der Waals surface area (Å²) in [5.41, 5.74) is 0. The molecule has 0 saturated heterocycles. The summed E-state index contributed by atoms with van der Waals surface area (Å²) in [6, 6.07) is 0. The number of nitrogens with zero attached hydrogens (tertiary/aromatic N) is 3. The monoisotopic (exact) mass is 348 g/mol. The standard InChI is InChI=1S/C7H10F2N4O6S2/c1-4(10-7-12-5(8)11-6(9)13-7)20(14,15)3-2-19-21(16,17)18/h4H,2-3H2,1H3,(H,16,17,18)(H,10,11,12,13). The number of halogens is 2. The van der Waals surface area contributed by atoms with E-state index in [0.29, 0.717) is 0 Å². The van der Waals surface area contributed by atoms with Crippen LogP contribution >= 0.6 is 0 Å². The van der Waals surface area contributed by atoms with Gasteiger partial charge < -0.3 is 5.32 Å². The molecule has 0 aromatic carbocycles. The van der Waals surface area contributed by atoms with Crippen LogP contribution in [0.2, 0.25) is 0 Å². The molecule has 1 aromatic rings. The van der Waals surface area contributed by atoms with Crippen LogP contribution < -0.4 is 5.32 Å². The van der Waals surface area contributed by atoms with Crippen LogP contribution in [-0.4, -0.2) is 54.1 Å². The molecule has 0 aliphatic rings. The third-order valence-electron chi connectivity index (χ3n) is 2.05. The summed E-state index contributed by atoms with van der Waals surface area (Å²) < 4.78 is 81.5. The van der Waals surface area contributed by atoms with E-state index in [9.17, 15) is 25.6 Å². The molecule has 2 N–H and O–H groups in total. The van der Waals surface area contributed by atoms with Crippen molar-refractivity contribution < 1.29 is 34.4 Å². The van der Waals surface area contributed by atoms with Gasteiger partial charge in [0.2, 0.25) is 5.95 Å². The van der Waals surface area contributed by atoms with Crippen LogP contribution in [0.4, 0.5) is 14.7 Å². The first kappa shape index (κ1) is 17.5. The lowest BCUT2D eigenvalue weighted by atomic mass is 10.7. The van der Waals surface area contributed by atoms with Gasteiger partial charge in [0, 0.05) is 0 Å². The highest BCUT2D eigenvalue weighted by Gasteiger charge is 2.23. The van der Waals surface area contributed by atoms with E-state index < -0.39 is 56.1 Å². The Hall–Kier alpha value is -1.51. The molecule has 0 aliphatic heterocycles. The highest BCUT2D eigenvalue weighted by atomic mass is 32.3. The molecule has 0 bridgehead atoms. The topological polar surface area (TPSA) is 148 Å². The molecular weight excluding hydrogens is 338 g/mol. The zero-order valence-electron chi connectivity index (χ0n) is 10.4. The van der Waals surface area contributed by atoms with Gasteiger partial charge in [-0.15, -0.1) is 0 Å². The predicted molar refractivity (Wildman–Crippen MR) is 64.1 cm³/mol. The molecule has 120 valence electrons. The van der Waals surface area contributed by atoms with Crippen molar-refractivity contribution in [2.24, 2.45) is 0 Å². The van der Waals surface area contributed by atoms with Crippen molar-refractivity contribution in [3.05, 3.63) is 12.2 Å². The zero-order valence-corrected chi connectivity index (χ0v) is 12.0. The molecule has 14 heteroatoms. The SMILES string of the molecule is CC(Nc1nc(F)nc(F)n1)S(=O)(=O)CCOS(=O)(=O)O. The van der Waals surface area contributed by atoms with E-state index in [1.165, 1.54) is 0 Å². The number of hydrogen-bond donors (Lipinski definition) is 2. The van der Waals surface area contributed by atoms with Crippen molar-refractivity contribution in [2.45, 2.75) is 12.3 Å². The molecule has 0 radical (unpaired) electrons. The van der Waals surface area contributed by atoms with Gasteiger partial charge in [0.25, 0.3) is 0 Å². The maximum atomic E-state index is 12.7. The number of rotatable bonds is 7. The van der Waals surface area contributed by atoms with Gasteiger partial charge in [-0.3, -0.25) is 4.55 Å². The van der Waals surface area contributed by atoms with Crippen molar-refractivity contribution in [3.8, 4) is 0 Å². The Morgan fingerprint density at radius 1 is 1.19 bits per heavy atom. The lowest BCUT2D eigenvalue weighted by molar-refractivity contribution is 0.283. The summed E-state index contributed by atoms with van der Waals surface area (Å²) >= 11 is 0. The lowest BCUT2D eigenvalue weighted by Crippen LogP contribution is -2.31. The quantitative estimate of drug-likeness (QED) is 0.596. The summed E-state index contributed by atoms with van der Waals surface area (Å²) in [7, 11) is -8.72. The fourth-order valence-corrected chi connectivity index (χ4v) is 2.45. The second kappa shape index (κ2) is 6.50. The normalized spacial score (nSPS) is 13.9. The van der Waals surface area contributed by atoms with Gasteiger partial charge in [0.15, 0.2) is 9.84 Å². The average Bonchev–Trinajstić information content (AvgIpc) is 2.24. The van der Waals surface area contributed by atoms with Gasteiger partial charge in [-0.25, -0.2) is 12.6 Å². The van der Waals surface area contributed by atoms with Crippen LogP contribution in [-0.2, 0) is 24.4 Å². The number of hydrogen-bond acceptors (Lipinski definition) is 9. The summed E-state index contributed by atoms with van der Waals surface area (Å²) in [6.07, 6.45) is -2.88. The largest absolute Gasteiger partial charge is 0.397 e. The van der Waals surface area contributed by atoms with Gasteiger partial charge in [-0.1, -0.05) is 0 Å². The predicted octanol–water partition coefficient (Wildman–Crippen LogP) is -0.858. The van der Waals surface area contributed by atoms with Crippen molar-refractivity contribution in [1.82, 2.24) is 15.0 Å². The summed E-state index contributed by atoms with van der Waals surface area (Å²) in [5.74, 6) is -1.43. The first-order valence-electron chi connectivity index (χ1n) is 5.16. The molecule has 10 nitrogen and oxygen atoms in total. The van der Waals surface area contributed by atoms with E-state index in [4.69, 9.17) is 4.55 Å². The van der Waals surface area contributed by atoms with Gasteiger partial charge in [0.05, 0.1) is 12.4 Å². The van der Waals surface area contributed by atoms with Gasteiger partial charge >= 0.3 is 22.6 Å².